The molecule has 1 amide bonds. The molecule has 8 heteroatoms. The van der Waals surface area contributed by atoms with E-state index in [0.717, 1.165) is 16.9 Å². The maximum Gasteiger partial charge on any atom is 0.272 e. The second-order valence-corrected chi connectivity index (χ2v) is 9.20. The maximum atomic E-state index is 13.2. The number of benzene rings is 1. The number of carbonyl (C=O) groups excluding carboxylic acids is 1. The third-order valence-electron chi connectivity index (χ3n) is 4.77. The predicted octanol–water partition coefficient (Wildman–Crippen LogP) is 4.72. The Bertz CT molecular complexity index is 1270. The minimum atomic E-state index is -0.390. The second-order valence-electron chi connectivity index (χ2n) is 7.12. The van der Waals surface area contributed by atoms with E-state index >= 15 is 0 Å². The van der Waals surface area contributed by atoms with E-state index in [1.165, 1.54) is 23.1 Å². The summed E-state index contributed by atoms with van der Waals surface area (Å²) in [6, 6.07) is 15.1. The van der Waals surface area contributed by atoms with Crippen LogP contribution in [0, 0.1) is 6.92 Å². The first-order valence-corrected chi connectivity index (χ1v) is 11.7. The summed E-state index contributed by atoms with van der Waals surface area (Å²) in [7, 11) is 0. The average Bonchev–Trinajstić information content (AvgIpc) is 3.24. The Labute approximate surface area is 188 Å². The molecule has 158 valence electrons. The number of hydrogen-bond donors (Lipinski definition) is 1. The molecule has 4 rings (SSSR count). The first kappa shape index (κ1) is 21.3. The molecule has 1 aromatic carbocycles. The Morgan fingerprint density at radius 1 is 1.23 bits per heavy atom. The number of nitrogens with one attached hydrogen (secondary N) is 1. The Morgan fingerprint density at radius 2 is 2.10 bits per heavy atom. The average molecular weight is 451 g/mol. The van der Waals surface area contributed by atoms with E-state index in [0.29, 0.717) is 28.3 Å². The van der Waals surface area contributed by atoms with Crippen molar-refractivity contribution in [2.75, 3.05) is 5.32 Å². The fraction of sp³-hybridized carbons (Fsp3) is 0.217. The van der Waals surface area contributed by atoms with Crippen LogP contribution in [-0.4, -0.2) is 25.7 Å². The Hall–Kier alpha value is -2.97. The van der Waals surface area contributed by atoms with Gasteiger partial charge in [-0.3, -0.25) is 19.1 Å². The Morgan fingerprint density at radius 3 is 2.84 bits per heavy atom. The lowest BCUT2D eigenvalue weighted by atomic mass is 10.2. The fourth-order valence-corrected chi connectivity index (χ4v) is 4.99. The van der Waals surface area contributed by atoms with Crippen molar-refractivity contribution in [2.24, 2.45) is 0 Å². The number of aryl methyl sites for hydroxylation is 1. The number of carbonyl (C=O) groups is 1. The molecule has 0 aliphatic carbocycles. The third kappa shape index (κ3) is 4.86. The van der Waals surface area contributed by atoms with Gasteiger partial charge in [0.25, 0.3) is 5.56 Å². The smallest absolute Gasteiger partial charge is 0.272 e. The van der Waals surface area contributed by atoms with E-state index in [9.17, 15) is 9.59 Å². The van der Waals surface area contributed by atoms with Crippen molar-refractivity contribution in [2.45, 2.75) is 37.2 Å². The van der Waals surface area contributed by atoms with Crippen LogP contribution in [-0.2, 0) is 11.3 Å². The molecule has 0 aliphatic rings. The van der Waals surface area contributed by atoms with Crippen molar-refractivity contribution in [3.05, 3.63) is 81.7 Å². The Kier molecular flexibility index (Phi) is 6.48. The monoisotopic (exact) mass is 450 g/mol. The Balaban J connectivity index is 1.66. The molecule has 0 saturated carbocycles. The molecule has 1 atom stereocenters. The zero-order chi connectivity index (χ0) is 21.8. The lowest BCUT2D eigenvalue weighted by Crippen LogP contribution is -2.28. The van der Waals surface area contributed by atoms with Crippen LogP contribution in [0.15, 0.2) is 70.1 Å². The fourth-order valence-electron chi connectivity index (χ4n) is 3.20. The highest BCUT2D eigenvalue weighted by Gasteiger charge is 2.23. The number of anilines is 1. The summed E-state index contributed by atoms with van der Waals surface area (Å²) < 4.78 is 2.23. The highest BCUT2D eigenvalue weighted by molar-refractivity contribution is 8.00. The number of fused-ring (bicyclic) bond motifs is 1. The standard InChI is InChI=1S/C23H22N4O2S2/c1-3-19(21(28)25-16-9-6-7-15(2)13-16)31-23-26-18-10-12-30-20(18)22(29)27(23)14-17-8-4-5-11-24-17/h4-13,19H,3,14H2,1-2H3,(H,25,28)/t19-/m1/s1. The lowest BCUT2D eigenvalue weighted by Gasteiger charge is -2.17. The summed E-state index contributed by atoms with van der Waals surface area (Å²) in [6.45, 7) is 4.24. The molecule has 6 nitrogen and oxygen atoms in total. The molecule has 0 spiro atoms. The van der Waals surface area contributed by atoms with Crippen molar-refractivity contribution in [3.8, 4) is 0 Å². The molecule has 0 radical (unpaired) electrons. The van der Waals surface area contributed by atoms with Gasteiger partial charge in [0, 0.05) is 11.9 Å². The number of pyridine rings is 1. The quantitative estimate of drug-likeness (QED) is 0.326. The number of thiophene rings is 1. The van der Waals surface area contributed by atoms with E-state index in [-0.39, 0.29) is 11.5 Å². The van der Waals surface area contributed by atoms with Crippen molar-refractivity contribution >= 4 is 44.9 Å². The SMILES string of the molecule is CC[C@@H](Sc1nc2ccsc2c(=O)n1Cc1ccccn1)C(=O)Nc1cccc(C)c1. The number of aromatic nitrogens is 3. The molecule has 31 heavy (non-hydrogen) atoms. The van der Waals surface area contributed by atoms with Gasteiger partial charge in [-0.1, -0.05) is 36.9 Å². The van der Waals surface area contributed by atoms with Crippen LogP contribution in [0.5, 0.6) is 0 Å². The molecule has 0 unspecified atom stereocenters. The van der Waals surface area contributed by atoms with E-state index in [1.807, 2.05) is 67.8 Å². The number of hydrogen-bond acceptors (Lipinski definition) is 6. The van der Waals surface area contributed by atoms with Gasteiger partial charge in [-0.15, -0.1) is 11.3 Å². The molecule has 0 fully saturated rings. The molecule has 0 aliphatic heterocycles. The van der Waals surface area contributed by atoms with Crippen molar-refractivity contribution in [1.29, 1.82) is 0 Å². The maximum absolute atomic E-state index is 13.2. The van der Waals surface area contributed by atoms with E-state index in [4.69, 9.17) is 4.98 Å². The molecule has 3 heterocycles. The van der Waals surface area contributed by atoms with Gasteiger partial charge in [0.15, 0.2) is 5.16 Å². The van der Waals surface area contributed by atoms with E-state index < -0.39 is 5.25 Å². The van der Waals surface area contributed by atoms with Gasteiger partial charge in [-0.25, -0.2) is 4.98 Å². The second kappa shape index (κ2) is 9.45. The van der Waals surface area contributed by atoms with Crippen molar-refractivity contribution in [1.82, 2.24) is 14.5 Å². The van der Waals surface area contributed by atoms with Crippen LogP contribution in [0.4, 0.5) is 5.69 Å². The normalized spacial score (nSPS) is 12.1. The molecular formula is C23H22N4O2S2. The zero-order valence-corrected chi connectivity index (χ0v) is 18.9. The highest BCUT2D eigenvalue weighted by atomic mass is 32.2. The summed E-state index contributed by atoms with van der Waals surface area (Å²) in [6.07, 6.45) is 2.30. The van der Waals surface area contributed by atoms with Crippen LogP contribution in [0.3, 0.4) is 0 Å². The van der Waals surface area contributed by atoms with Crippen LogP contribution in [0.2, 0.25) is 0 Å². The van der Waals surface area contributed by atoms with Gasteiger partial charge in [0.2, 0.25) is 5.91 Å². The lowest BCUT2D eigenvalue weighted by molar-refractivity contribution is -0.115. The number of nitrogens with zero attached hydrogens (tertiary/aromatic N) is 3. The number of rotatable bonds is 7. The zero-order valence-electron chi connectivity index (χ0n) is 17.2. The van der Waals surface area contributed by atoms with Crippen LogP contribution >= 0.6 is 23.1 Å². The summed E-state index contributed by atoms with van der Waals surface area (Å²) >= 11 is 2.69. The topological polar surface area (TPSA) is 76.9 Å². The predicted molar refractivity (Wildman–Crippen MR) is 127 cm³/mol. The van der Waals surface area contributed by atoms with Gasteiger partial charge in [0.1, 0.15) is 4.70 Å². The number of amides is 1. The van der Waals surface area contributed by atoms with Crippen molar-refractivity contribution < 1.29 is 4.79 Å². The molecule has 0 saturated heterocycles. The minimum Gasteiger partial charge on any atom is -0.325 e. The summed E-state index contributed by atoms with van der Waals surface area (Å²) in [5.41, 5.74) is 3.15. The first-order chi connectivity index (χ1) is 15.0. The molecule has 3 aromatic heterocycles. The van der Waals surface area contributed by atoms with Gasteiger partial charge in [-0.05, 0) is 54.6 Å². The summed E-state index contributed by atoms with van der Waals surface area (Å²) in [5.74, 6) is -0.109. The summed E-state index contributed by atoms with van der Waals surface area (Å²) in [4.78, 5) is 35.2. The van der Waals surface area contributed by atoms with Crippen molar-refractivity contribution in [3.63, 3.8) is 0 Å². The van der Waals surface area contributed by atoms with E-state index in [1.54, 1.807) is 10.8 Å². The molecular weight excluding hydrogens is 428 g/mol. The third-order valence-corrected chi connectivity index (χ3v) is 7.02. The van der Waals surface area contributed by atoms with Gasteiger partial charge < -0.3 is 5.32 Å². The molecule has 1 N–H and O–H groups in total. The summed E-state index contributed by atoms with van der Waals surface area (Å²) in [5, 5.41) is 4.98. The highest BCUT2D eigenvalue weighted by Crippen LogP contribution is 2.27. The van der Waals surface area contributed by atoms with Gasteiger partial charge >= 0.3 is 0 Å². The van der Waals surface area contributed by atoms with Gasteiger partial charge in [-0.2, -0.15) is 0 Å². The molecule has 0 bridgehead atoms. The van der Waals surface area contributed by atoms with Gasteiger partial charge in [0.05, 0.1) is 23.0 Å². The van der Waals surface area contributed by atoms with Crippen LogP contribution in [0.25, 0.3) is 10.2 Å². The largest absolute Gasteiger partial charge is 0.325 e. The molecule has 4 aromatic rings. The first-order valence-electron chi connectivity index (χ1n) is 9.97. The van der Waals surface area contributed by atoms with Crippen LogP contribution in [0.1, 0.15) is 24.6 Å². The number of thioether (sulfide) groups is 1. The van der Waals surface area contributed by atoms with E-state index in [2.05, 4.69) is 10.3 Å². The van der Waals surface area contributed by atoms with Crippen LogP contribution < -0.4 is 10.9 Å². The minimum absolute atomic E-state index is 0.109.